The van der Waals surface area contributed by atoms with Crippen LogP contribution in [0.3, 0.4) is 0 Å². The number of para-hydroxylation sites is 1. The van der Waals surface area contributed by atoms with Crippen LogP contribution in [0.25, 0.3) is 0 Å². The van der Waals surface area contributed by atoms with Crippen molar-refractivity contribution in [2.24, 2.45) is 5.92 Å². The minimum Gasteiger partial charge on any atom is -0.368 e. The van der Waals surface area contributed by atoms with Crippen LogP contribution in [0.1, 0.15) is 32.2 Å². The van der Waals surface area contributed by atoms with Gasteiger partial charge in [0, 0.05) is 12.2 Å². The number of hydrogen-bond acceptors (Lipinski definition) is 10. The van der Waals surface area contributed by atoms with Gasteiger partial charge in [0.1, 0.15) is 5.82 Å². The summed E-state index contributed by atoms with van der Waals surface area (Å²) in [5.74, 6) is 2.33. The summed E-state index contributed by atoms with van der Waals surface area (Å²) in [7, 11) is 0. The fourth-order valence-corrected chi connectivity index (χ4v) is 4.00. The summed E-state index contributed by atoms with van der Waals surface area (Å²) in [6.07, 6.45) is 0.913. The molecule has 0 amide bonds. The van der Waals surface area contributed by atoms with Crippen molar-refractivity contribution in [3.05, 3.63) is 35.7 Å². The highest BCUT2D eigenvalue weighted by Crippen LogP contribution is 2.28. The van der Waals surface area contributed by atoms with E-state index in [1.165, 1.54) is 28.7 Å². The fraction of sp³-hybridized carbons (Fsp3) is 0.389. The van der Waals surface area contributed by atoms with Crippen LogP contribution in [0.5, 0.6) is 0 Å². The molecule has 0 aliphatic heterocycles. The topological polar surface area (TPSA) is 115 Å². The van der Waals surface area contributed by atoms with Crippen LogP contribution >= 0.6 is 23.1 Å². The Labute approximate surface area is 172 Å². The summed E-state index contributed by atoms with van der Waals surface area (Å²) < 4.78 is 0.857. The van der Waals surface area contributed by atoms with Crippen LogP contribution in [-0.4, -0.2) is 31.7 Å². The summed E-state index contributed by atoms with van der Waals surface area (Å²) >= 11 is 3.05. The average molecular weight is 417 g/mol. The van der Waals surface area contributed by atoms with E-state index in [0.717, 1.165) is 28.1 Å². The van der Waals surface area contributed by atoms with Crippen molar-refractivity contribution in [1.82, 2.24) is 25.1 Å². The van der Waals surface area contributed by atoms with Gasteiger partial charge in [-0.1, -0.05) is 62.1 Å². The first-order valence-electron chi connectivity index (χ1n) is 9.09. The van der Waals surface area contributed by atoms with Crippen LogP contribution < -0.4 is 16.4 Å². The van der Waals surface area contributed by atoms with Crippen LogP contribution in [0, 0.1) is 5.92 Å². The van der Waals surface area contributed by atoms with E-state index in [-0.39, 0.29) is 5.95 Å². The highest BCUT2D eigenvalue weighted by Gasteiger charge is 2.10. The minimum absolute atomic E-state index is 0.193. The third-order valence-electron chi connectivity index (χ3n) is 3.74. The molecule has 28 heavy (non-hydrogen) atoms. The van der Waals surface area contributed by atoms with Crippen molar-refractivity contribution in [2.75, 3.05) is 22.9 Å². The molecule has 0 spiro atoms. The molecular weight excluding hydrogens is 392 g/mol. The third kappa shape index (κ3) is 5.77. The first kappa shape index (κ1) is 20.3. The van der Waals surface area contributed by atoms with Crippen LogP contribution in [-0.2, 0) is 12.2 Å². The molecule has 8 nitrogen and oxygen atoms in total. The smallest absolute Gasteiger partial charge is 0.232 e. The van der Waals surface area contributed by atoms with Crippen LogP contribution in [0.4, 0.5) is 22.7 Å². The molecule has 2 heterocycles. The van der Waals surface area contributed by atoms with E-state index in [9.17, 15) is 0 Å². The van der Waals surface area contributed by atoms with Gasteiger partial charge < -0.3 is 16.4 Å². The monoisotopic (exact) mass is 416 g/mol. The maximum Gasteiger partial charge on any atom is 0.232 e. The summed E-state index contributed by atoms with van der Waals surface area (Å²) in [6, 6.07) is 8.06. The van der Waals surface area contributed by atoms with E-state index in [0.29, 0.717) is 23.4 Å². The van der Waals surface area contributed by atoms with Gasteiger partial charge in [-0.05, 0) is 24.0 Å². The normalized spacial score (nSPS) is 11.0. The van der Waals surface area contributed by atoms with Crippen molar-refractivity contribution < 1.29 is 0 Å². The Bertz CT molecular complexity index is 912. The van der Waals surface area contributed by atoms with Gasteiger partial charge in [0.05, 0.1) is 5.75 Å². The van der Waals surface area contributed by atoms with E-state index < -0.39 is 0 Å². The van der Waals surface area contributed by atoms with Crippen molar-refractivity contribution in [2.45, 2.75) is 37.3 Å². The first-order valence-corrected chi connectivity index (χ1v) is 10.9. The molecule has 0 unspecified atom stereocenters. The second-order valence-corrected chi connectivity index (χ2v) is 8.71. The number of nitrogens with two attached hydrogens (primary N) is 1. The number of nitrogens with zero attached hydrogens (tertiary/aromatic N) is 5. The molecule has 0 saturated heterocycles. The molecule has 0 fully saturated rings. The molecule has 148 valence electrons. The van der Waals surface area contributed by atoms with Crippen LogP contribution in [0.2, 0.25) is 0 Å². The lowest BCUT2D eigenvalue weighted by molar-refractivity contribution is 0.687. The maximum absolute atomic E-state index is 5.88. The average Bonchev–Trinajstić information content (AvgIpc) is 3.13. The van der Waals surface area contributed by atoms with Gasteiger partial charge >= 0.3 is 0 Å². The van der Waals surface area contributed by atoms with Gasteiger partial charge in [-0.15, -0.1) is 10.2 Å². The zero-order valence-corrected chi connectivity index (χ0v) is 17.8. The Balaban J connectivity index is 1.65. The molecule has 1 aromatic carbocycles. The van der Waals surface area contributed by atoms with Crippen LogP contribution in [0.15, 0.2) is 28.6 Å². The van der Waals surface area contributed by atoms with Gasteiger partial charge in [-0.3, -0.25) is 0 Å². The quantitative estimate of drug-likeness (QED) is 0.446. The molecule has 0 aliphatic rings. The number of anilines is 4. The van der Waals surface area contributed by atoms with Crippen molar-refractivity contribution in [1.29, 1.82) is 0 Å². The second-order valence-electron chi connectivity index (χ2n) is 6.51. The number of rotatable bonds is 9. The Hall–Kier alpha value is -2.46. The second kappa shape index (κ2) is 9.65. The van der Waals surface area contributed by atoms with Gasteiger partial charge in [0.15, 0.2) is 4.34 Å². The lowest BCUT2D eigenvalue weighted by Crippen LogP contribution is -2.07. The first-order chi connectivity index (χ1) is 13.5. The summed E-state index contributed by atoms with van der Waals surface area (Å²) in [5, 5.41) is 15.7. The van der Waals surface area contributed by atoms with E-state index in [1.54, 1.807) is 0 Å². The predicted molar refractivity (Wildman–Crippen MR) is 116 cm³/mol. The van der Waals surface area contributed by atoms with Crippen molar-refractivity contribution >= 4 is 45.8 Å². The number of nitrogen functional groups attached to an aromatic ring is 1. The lowest BCUT2D eigenvalue weighted by atomic mass is 10.1. The van der Waals surface area contributed by atoms with E-state index >= 15 is 0 Å². The number of nitrogens with one attached hydrogen (secondary N) is 2. The van der Waals surface area contributed by atoms with E-state index in [4.69, 9.17) is 5.73 Å². The van der Waals surface area contributed by atoms with Gasteiger partial charge in [0.2, 0.25) is 17.0 Å². The van der Waals surface area contributed by atoms with Gasteiger partial charge in [-0.25, -0.2) is 0 Å². The maximum atomic E-state index is 5.88. The molecule has 0 atom stereocenters. The zero-order valence-electron chi connectivity index (χ0n) is 16.1. The van der Waals surface area contributed by atoms with E-state index in [2.05, 4.69) is 62.6 Å². The molecule has 0 radical (unpaired) electrons. The molecule has 2 aromatic heterocycles. The zero-order chi connectivity index (χ0) is 19.9. The lowest BCUT2D eigenvalue weighted by Gasteiger charge is -2.10. The van der Waals surface area contributed by atoms with Crippen molar-refractivity contribution in [3.63, 3.8) is 0 Å². The molecule has 3 aromatic rings. The predicted octanol–water partition coefficient (Wildman–Crippen LogP) is 3.97. The highest BCUT2D eigenvalue weighted by molar-refractivity contribution is 8.00. The highest BCUT2D eigenvalue weighted by atomic mass is 32.2. The Morgan fingerprint density at radius 1 is 1.14 bits per heavy atom. The Kier molecular flexibility index (Phi) is 6.99. The SMILES string of the molecule is CCc1ccccc1Nc1nc(N)nc(CSc2nnc(NCC(C)C)s2)n1. The minimum atomic E-state index is 0.193. The number of benzene rings is 1. The number of hydrogen-bond donors (Lipinski definition) is 3. The molecule has 3 rings (SSSR count). The Morgan fingerprint density at radius 3 is 2.75 bits per heavy atom. The largest absolute Gasteiger partial charge is 0.368 e. The molecule has 0 saturated carbocycles. The molecule has 4 N–H and O–H groups in total. The van der Waals surface area contributed by atoms with Gasteiger partial charge in [-0.2, -0.15) is 15.0 Å². The van der Waals surface area contributed by atoms with Gasteiger partial charge in [0.25, 0.3) is 0 Å². The number of thioether (sulfide) groups is 1. The molecule has 0 aliphatic carbocycles. The number of aryl methyl sites for hydroxylation is 1. The summed E-state index contributed by atoms with van der Waals surface area (Å²) in [4.78, 5) is 12.9. The Morgan fingerprint density at radius 2 is 1.96 bits per heavy atom. The number of aromatic nitrogens is 5. The van der Waals surface area contributed by atoms with E-state index in [1.807, 2.05) is 18.2 Å². The summed E-state index contributed by atoms with van der Waals surface area (Å²) in [5.41, 5.74) is 8.04. The third-order valence-corrected chi connectivity index (χ3v) is 5.75. The molecule has 10 heteroatoms. The van der Waals surface area contributed by atoms with Crippen molar-refractivity contribution in [3.8, 4) is 0 Å². The summed E-state index contributed by atoms with van der Waals surface area (Å²) in [6.45, 7) is 7.28. The fourth-order valence-electron chi connectivity index (χ4n) is 2.39. The molecular formula is C18H24N8S2. The molecule has 0 bridgehead atoms. The standard InChI is InChI=1S/C18H24N8S2/c1-4-12-7-5-6-8-13(12)21-16-23-14(22-15(19)24-16)10-27-18-26-25-17(28-18)20-9-11(2)3/h5-8,11H,4,9-10H2,1-3H3,(H,20,25)(H3,19,21,22,23,24).